The summed E-state index contributed by atoms with van der Waals surface area (Å²) in [4.78, 5) is 11.5. The lowest BCUT2D eigenvalue weighted by molar-refractivity contribution is -0.136. The van der Waals surface area contributed by atoms with E-state index in [4.69, 9.17) is 21.1 Å². The molecule has 1 atom stereocenters. The van der Waals surface area contributed by atoms with Crippen LogP contribution >= 0.6 is 22.9 Å². The fourth-order valence-electron chi connectivity index (χ4n) is 1.47. The number of nitrogens with one attached hydrogen (secondary N) is 1. The van der Waals surface area contributed by atoms with E-state index in [0.717, 1.165) is 4.88 Å². The number of aliphatic carboxylic acids is 1. The molecule has 2 aromatic rings. The van der Waals surface area contributed by atoms with Crippen LogP contribution in [0.15, 0.2) is 34.9 Å². The molecule has 0 aliphatic rings. The summed E-state index contributed by atoms with van der Waals surface area (Å²) in [7, 11) is 0. The Morgan fingerprint density at radius 3 is 2.88 bits per heavy atom. The highest BCUT2D eigenvalue weighted by Gasteiger charge is 2.19. The smallest absolute Gasteiger partial charge is 0.317 e. The fraction of sp³-hybridized carbons (Fsp3) is 0.182. The summed E-state index contributed by atoms with van der Waals surface area (Å²) >= 11 is 7.27. The van der Waals surface area contributed by atoms with Crippen molar-refractivity contribution in [2.24, 2.45) is 0 Å². The zero-order valence-corrected chi connectivity index (χ0v) is 10.3. The molecule has 90 valence electrons. The molecule has 2 aromatic heterocycles. The highest BCUT2D eigenvalue weighted by Crippen LogP contribution is 2.31. The van der Waals surface area contributed by atoms with Crippen molar-refractivity contribution in [1.29, 1.82) is 0 Å². The quantitative estimate of drug-likeness (QED) is 0.878. The summed E-state index contributed by atoms with van der Waals surface area (Å²) in [6, 6.07) is 6.92. The second-order valence-electron chi connectivity index (χ2n) is 3.36. The minimum Gasteiger partial charge on any atom is -0.480 e. The van der Waals surface area contributed by atoms with E-state index in [1.165, 1.54) is 11.3 Å². The molecule has 4 nitrogen and oxygen atoms in total. The first-order valence-electron chi connectivity index (χ1n) is 4.90. The normalized spacial score (nSPS) is 12.5. The third-order valence-corrected chi connectivity index (χ3v) is 3.46. The van der Waals surface area contributed by atoms with E-state index in [9.17, 15) is 4.79 Å². The van der Waals surface area contributed by atoms with Crippen molar-refractivity contribution in [2.75, 3.05) is 6.54 Å². The van der Waals surface area contributed by atoms with Crippen molar-refractivity contribution >= 4 is 28.9 Å². The second-order valence-corrected chi connectivity index (χ2v) is 5.11. The molecule has 0 aromatic carbocycles. The SMILES string of the molecule is O=C(O)CNC(c1ccco1)c1ccc(Cl)s1. The van der Waals surface area contributed by atoms with Crippen LogP contribution in [0.1, 0.15) is 16.7 Å². The molecule has 0 fully saturated rings. The van der Waals surface area contributed by atoms with Gasteiger partial charge in [0.25, 0.3) is 0 Å². The number of rotatable bonds is 5. The van der Waals surface area contributed by atoms with Crippen LogP contribution in [0.5, 0.6) is 0 Å². The molecular formula is C11H10ClNO3S. The Hall–Kier alpha value is -1.30. The number of hydrogen-bond donors (Lipinski definition) is 2. The molecule has 0 saturated carbocycles. The van der Waals surface area contributed by atoms with Gasteiger partial charge in [0.1, 0.15) is 11.8 Å². The van der Waals surface area contributed by atoms with E-state index in [1.807, 2.05) is 6.07 Å². The van der Waals surface area contributed by atoms with Crippen molar-refractivity contribution in [2.45, 2.75) is 6.04 Å². The van der Waals surface area contributed by atoms with Crippen molar-refractivity contribution < 1.29 is 14.3 Å². The van der Waals surface area contributed by atoms with Gasteiger partial charge in [0.15, 0.2) is 0 Å². The first-order chi connectivity index (χ1) is 8.16. The van der Waals surface area contributed by atoms with Crippen molar-refractivity contribution in [1.82, 2.24) is 5.32 Å². The molecule has 0 saturated heterocycles. The van der Waals surface area contributed by atoms with Gasteiger partial charge in [0, 0.05) is 4.88 Å². The van der Waals surface area contributed by atoms with Gasteiger partial charge < -0.3 is 9.52 Å². The third-order valence-electron chi connectivity index (χ3n) is 2.16. The van der Waals surface area contributed by atoms with Crippen LogP contribution in [0.25, 0.3) is 0 Å². The maximum Gasteiger partial charge on any atom is 0.317 e. The zero-order chi connectivity index (χ0) is 12.3. The summed E-state index contributed by atoms with van der Waals surface area (Å²) in [5.41, 5.74) is 0. The second kappa shape index (κ2) is 5.35. The van der Waals surface area contributed by atoms with Gasteiger partial charge in [-0.15, -0.1) is 11.3 Å². The predicted molar refractivity (Wildman–Crippen MR) is 65.5 cm³/mol. The molecule has 0 radical (unpaired) electrons. The monoisotopic (exact) mass is 271 g/mol. The van der Waals surface area contributed by atoms with Crippen molar-refractivity contribution in [3.05, 3.63) is 45.5 Å². The van der Waals surface area contributed by atoms with Crippen LogP contribution in [0.3, 0.4) is 0 Å². The van der Waals surface area contributed by atoms with Gasteiger partial charge in [-0.2, -0.15) is 0 Å². The maximum absolute atomic E-state index is 10.6. The molecule has 0 spiro atoms. The minimum atomic E-state index is -0.913. The highest BCUT2D eigenvalue weighted by atomic mass is 35.5. The Balaban J connectivity index is 2.21. The molecular weight excluding hydrogens is 262 g/mol. The first-order valence-corrected chi connectivity index (χ1v) is 6.10. The van der Waals surface area contributed by atoms with E-state index in [0.29, 0.717) is 10.1 Å². The largest absolute Gasteiger partial charge is 0.480 e. The van der Waals surface area contributed by atoms with Crippen LogP contribution < -0.4 is 5.32 Å². The van der Waals surface area contributed by atoms with Crippen LogP contribution in [-0.2, 0) is 4.79 Å². The highest BCUT2D eigenvalue weighted by molar-refractivity contribution is 7.16. The summed E-state index contributed by atoms with van der Waals surface area (Å²) in [6.45, 7) is -0.138. The van der Waals surface area contributed by atoms with Crippen LogP contribution in [0.4, 0.5) is 0 Å². The van der Waals surface area contributed by atoms with Gasteiger partial charge >= 0.3 is 5.97 Å². The predicted octanol–water partition coefficient (Wildman–Crippen LogP) is 2.76. The van der Waals surface area contributed by atoms with Gasteiger partial charge in [-0.25, -0.2) is 0 Å². The summed E-state index contributed by atoms with van der Waals surface area (Å²) < 4.78 is 5.96. The number of carboxylic acids is 1. The van der Waals surface area contributed by atoms with Crippen LogP contribution in [0.2, 0.25) is 4.34 Å². The molecule has 0 aliphatic carbocycles. The Labute approximate surface area is 107 Å². The van der Waals surface area contributed by atoms with Gasteiger partial charge in [0.05, 0.1) is 17.1 Å². The van der Waals surface area contributed by atoms with E-state index in [1.54, 1.807) is 24.5 Å². The van der Waals surface area contributed by atoms with Crippen LogP contribution in [0, 0.1) is 0 Å². The maximum atomic E-state index is 10.6. The standard InChI is InChI=1S/C11H10ClNO3S/c12-9-4-3-8(17-9)11(13-6-10(14)15)7-2-1-5-16-7/h1-5,11,13H,6H2,(H,14,15). The lowest BCUT2D eigenvalue weighted by atomic mass is 10.2. The number of furan rings is 1. The lowest BCUT2D eigenvalue weighted by Gasteiger charge is -2.13. The molecule has 6 heteroatoms. The average Bonchev–Trinajstić information content (AvgIpc) is 2.90. The molecule has 2 rings (SSSR count). The van der Waals surface area contributed by atoms with E-state index >= 15 is 0 Å². The van der Waals surface area contributed by atoms with Gasteiger partial charge in [-0.1, -0.05) is 11.6 Å². The van der Waals surface area contributed by atoms with Crippen LogP contribution in [-0.4, -0.2) is 17.6 Å². The third kappa shape index (κ3) is 3.09. The Kier molecular flexibility index (Phi) is 3.83. The van der Waals surface area contributed by atoms with Gasteiger partial charge in [0.2, 0.25) is 0 Å². The number of halogens is 1. The number of hydrogen-bond acceptors (Lipinski definition) is 4. The zero-order valence-electron chi connectivity index (χ0n) is 8.72. The van der Waals surface area contributed by atoms with E-state index in [-0.39, 0.29) is 12.6 Å². The molecule has 2 heterocycles. The van der Waals surface area contributed by atoms with Gasteiger partial charge in [-0.3, -0.25) is 10.1 Å². The summed E-state index contributed by atoms with van der Waals surface area (Å²) in [5.74, 6) is -0.242. The molecule has 17 heavy (non-hydrogen) atoms. The van der Waals surface area contributed by atoms with Crippen molar-refractivity contribution in [3.8, 4) is 0 Å². The summed E-state index contributed by atoms with van der Waals surface area (Å²) in [5, 5.41) is 11.6. The van der Waals surface area contributed by atoms with Gasteiger partial charge in [-0.05, 0) is 24.3 Å². The van der Waals surface area contributed by atoms with E-state index in [2.05, 4.69) is 5.32 Å². The number of thiophene rings is 1. The first kappa shape index (κ1) is 12.2. The molecule has 0 aliphatic heterocycles. The topological polar surface area (TPSA) is 62.5 Å². The number of carbonyl (C=O) groups is 1. The minimum absolute atomic E-state index is 0.138. The number of carboxylic acid groups (broad SMARTS) is 1. The van der Waals surface area contributed by atoms with E-state index < -0.39 is 5.97 Å². The molecule has 1 unspecified atom stereocenters. The molecule has 0 bridgehead atoms. The summed E-state index contributed by atoms with van der Waals surface area (Å²) in [6.07, 6.45) is 1.56. The lowest BCUT2D eigenvalue weighted by Crippen LogP contribution is -2.27. The Morgan fingerprint density at radius 1 is 1.53 bits per heavy atom. The van der Waals surface area contributed by atoms with Crippen molar-refractivity contribution in [3.63, 3.8) is 0 Å². The molecule has 2 N–H and O–H groups in total. The Bertz CT molecular complexity index is 495. The molecule has 0 amide bonds. The fourth-order valence-corrected chi connectivity index (χ4v) is 2.61. The average molecular weight is 272 g/mol. The Morgan fingerprint density at radius 2 is 2.35 bits per heavy atom.